The molecule has 1 aromatic rings. The number of aryl methyl sites for hydroxylation is 1. The Morgan fingerprint density at radius 1 is 1.39 bits per heavy atom. The van der Waals surface area contributed by atoms with Crippen molar-refractivity contribution < 1.29 is 4.79 Å². The highest BCUT2D eigenvalue weighted by Crippen LogP contribution is 2.23. The van der Waals surface area contributed by atoms with E-state index >= 15 is 0 Å². The first-order valence-corrected chi connectivity index (χ1v) is 6.72. The third-order valence-electron chi connectivity index (χ3n) is 2.61. The highest BCUT2D eigenvalue weighted by Gasteiger charge is 2.06. The van der Waals surface area contributed by atoms with Gasteiger partial charge in [-0.2, -0.15) is 0 Å². The molecular formula is C13H18Cl2N2O. The van der Waals surface area contributed by atoms with Crippen molar-refractivity contribution in [2.24, 2.45) is 5.73 Å². The molecule has 1 amide bonds. The molecule has 0 radical (unpaired) electrons. The Labute approximate surface area is 118 Å². The Morgan fingerprint density at radius 3 is 2.72 bits per heavy atom. The van der Waals surface area contributed by atoms with Crippen LogP contribution in [0, 0.1) is 0 Å². The van der Waals surface area contributed by atoms with Gasteiger partial charge in [0.15, 0.2) is 0 Å². The van der Waals surface area contributed by atoms with E-state index in [0.29, 0.717) is 23.0 Å². The Balaban J connectivity index is 2.33. The van der Waals surface area contributed by atoms with Gasteiger partial charge in [-0.15, -0.1) is 0 Å². The van der Waals surface area contributed by atoms with Crippen LogP contribution in [-0.2, 0) is 11.2 Å². The van der Waals surface area contributed by atoms with Crippen molar-refractivity contribution in [3.63, 3.8) is 0 Å². The molecule has 1 rings (SSSR count). The average Bonchev–Trinajstić information content (AvgIpc) is 2.33. The lowest BCUT2D eigenvalue weighted by Gasteiger charge is -2.11. The monoisotopic (exact) mass is 288 g/mol. The zero-order chi connectivity index (χ0) is 13.5. The van der Waals surface area contributed by atoms with E-state index in [4.69, 9.17) is 28.9 Å². The number of hydrogen-bond acceptors (Lipinski definition) is 2. The molecule has 1 atom stereocenters. The number of amides is 1. The fraction of sp³-hybridized carbons (Fsp3) is 0.462. The molecule has 18 heavy (non-hydrogen) atoms. The molecule has 0 saturated heterocycles. The lowest BCUT2D eigenvalue weighted by molar-refractivity contribution is -0.121. The number of halogens is 2. The second-order valence-electron chi connectivity index (χ2n) is 4.31. The molecule has 0 unspecified atom stereocenters. The average molecular weight is 289 g/mol. The van der Waals surface area contributed by atoms with Gasteiger partial charge in [-0.3, -0.25) is 4.79 Å². The van der Waals surface area contributed by atoms with Crippen LogP contribution in [0.5, 0.6) is 0 Å². The van der Waals surface area contributed by atoms with E-state index in [1.165, 1.54) is 0 Å². The van der Waals surface area contributed by atoms with Crippen molar-refractivity contribution in [2.75, 3.05) is 6.54 Å². The standard InChI is InChI=1S/C13H18Cl2N2O/c1-9(8-16)17-13(18)4-2-3-10-5-6-11(14)12(15)7-10/h5-7,9H,2-4,8,16H2,1H3,(H,17,18)/t9-/m0/s1. The van der Waals surface area contributed by atoms with Crippen LogP contribution in [0.1, 0.15) is 25.3 Å². The predicted octanol–water partition coefficient (Wildman–Crippen LogP) is 2.78. The van der Waals surface area contributed by atoms with Gasteiger partial charge in [-0.05, 0) is 37.5 Å². The Kier molecular flexibility index (Phi) is 6.47. The summed E-state index contributed by atoms with van der Waals surface area (Å²) in [6, 6.07) is 5.57. The molecule has 3 nitrogen and oxygen atoms in total. The maximum absolute atomic E-state index is 11.5. The number of nitrogens with two attached hydrogens (primary N) is 1. The minimum atomic E-state index is 0.0301. The van der Waals surface area contributed by atoms with Crippen LogP contribution in [0.2, 0.25) is 10.0 Å². The van der Waals surface area contributed by atoms with Crippen LogP contribution in [0.25, 0.3) is 0 Å². The molecule has 1 aromatic carbocycles. The molecule has 0 aliphatic rings. The Hall–Kier alpha value is -0.770. The highest BCUT2D eigenvalue weighted by atomic mass is 35.5. The molecule has 0 aliphatic carbocycles. The molecule has 5 heteroatoms. The molecule has 0 fully saturated rings. The second-order valence-corrected chi connectivity index (χ2v) is 5.12. The molecule has 0 spiro atoms. The van der Waals surface area contributed by atoms with Gasteiger partial charge in [-0.1, -0.05) is 29.3 Å². The van der Waals surface area contributed by atoms with Crippen molar-refractivity contribution in [3.8, 4) is 0 Å². The summed E-state index contributed by atoms with van der Waals surface area (Å²) >= 11 is 11.7. The van der Waals surface area contributed by atoms with Crippen molar-refractivity contribution in [2.45, 2.75) is 32.2 Å². The van der Waals surface area contributed by atoms with Crippen molar-refractivity contribution in [3.05, 3.63) is 33.8 Å². The quantitative estimate of drug-likeness (QED) is 0.846. The first-order valence-electron chi connectivity index (χ1n) is 5.96. The lowest BCUT2D eigenvalue weighted by Crippen LogP contribution is -2.37. The first-order chi connectivity index (χ1) is 8.52. The van der Waals surface area contributed by atoms with Gasteiger partial charge in [0.2, 0.25) is 5.91 Å². The van der Waals surface area contributed by atoms with E-state index < -0.39 is 0 Å². The molecule has 100 valence electrons. The summed E-state index contributed by atoms with van der Waals surface area (Å²) in [4.78, 5) is 11.5. The van der Waals surface area contributed by atoms with Crippen molar-refractivity contribution in [1.29, 1.82) is 0 Å². The van der Waals surface area contributed by atoms with Gasteiger partial charge >= 0.3 is 0 Å². The summed E-state index contributed by atoms with van der Waals surface area (Å²) < 4.78 is 0. The minimum Gasteiger partial charge on any atom is -0.352 e. The Morgan fingerprint density at radius 2 is 2.11 bits per heavy atom. The summed E-state index contributed by atoms with van der Waals surface area (Å²) in [5, 5.41) is 3.93. The first kappa shape index (κ1) is 15.3. The van der Waals surface area contributed by atoms with Crippen LogP contribution in [-0.4, -0.2) is 18.5 Å². The third-order valence-corrected chi connectivity index (χ3v) is 3.35. The number of carbonyl (C=O) groups is 1. The fourth-order valence-corrected chi connectivity index (χ4v) is 1.87. The number of carbonyl (C=O) groups excluding carboxylic acids is 1. The number of hydrogen-bond donors (Lipinski definition) is 2. The van der Waals surface area contributed by atoms with E-state index in [9.17, 15) is 4.79 Å². The molecule has 0 heterocycles. The maximum Gasteiger partial charge on any atom is 0.220 e. The van der Waals surface area contributed by atoms with Gasteiger partial charge in [0.25, 0.3) is 0 Å². The normalized spacial score (nSPS) is 12.2. The number of nitrogens with one attached hydrogen (secondary N) is 1. The topological polar surface area (TPSA) is 55.1 Å². The minimum absolute atomic E-state index is 0.0301. The van der Waals surface area contributed by atoms with E-state index in [2.05, 4.69) is 5.32 Å². The SMILES string of the molecule is C[C@@H](CN)NC(=O)CCCc1ccc(Cl)c(Cl)c1. The predicted molar refractivity (Wildman–Crippen MR) is 76.1 cm³/mol. The third kappa shape index (κ3) is 5.25. The fourth-order valence-electron chi connectivity index (χ4n) is 1.55. The second kappa shape index (κ2) is 7.62. The highest BCUT2D eigenvalue weighted by molar-refractivity contribution is 6.42. The molecule has 0 saturated carbocycles. The summed E-state index contributed by atoms with van der Waals surface area (Å²) in [5.41, 5.74) is 6.52. The van der Waals surface area contributed by atoms with Crippen LogP contribution in [0.15, 0.2) is 18.2 Å². The van der Waals surface area contributed by atoms with E-state index in [1.807, 2.05) is 19.1 Å². The molecule has 3 N–H and O–H groups in total. The van der Waals surface area contributed by atoms with Gasteiger partial charge < -0.3 is 11.1 Å². The molecular weight excluding hydrogens is 271 g/mol. The van der Waals surface area contributed by atoms with Gasteiger partial charge in [-0.25, -0.2) is 0 Å². The van der Waals surface area contributed by atoms with Crippen LogP contribution in [0.3, 0.4) is 0 Å². The van der Waals surface area contributed by atoms with Crippen LogP contribution in [0.4, 0.5) is 0 Å². The maximum atomic E-state index is 11.5. The lowest BCUT2D eigenvalue weighted by atomic mass is 10.1. The summed E-state index contributed by atoms with van der Waals surface area (Å²) in [7, 11) is 0. The van der Waals surface area contributed by atoms with Crippen molar-refractivity contribution in [1.82, 2.24) is 5.32 Å². The Bertz CT molecular complexity index is 410. The van der Waals surface area contributed by atoms with E-state index in [-0.39, 0.29) is 11.9 Å². The van der Waals surface area contributed by atoms with Gasteiger partial charge in [0.1, 0.15) is 0 Å². The number of rotatable bonds is 6. The smallest absolute Gasteiger partial charge is 0.220 e. The zero-order valence-corrected chi connectivity index (χ0v) is 11.9. The molecule has 0 bridgehead atoms. The van der Waals surface area contributed by atoms with Gasteiger partial charge in [0, 0.05) is 19.0 Å². The van der Waals surface area contributed by atoms with Gasteiger partial charge in [0.05, 0.1) is 10.0 Å². The van der Waals surface area contributed by atoms with Crippen molar-refractivity contribution >= 4 is 29.1 Å². The summed E-state index contributed by atoms with van der Waals surface area (Å²) in [6.45, 7) is 2.34. The summed E-state index contributed by atoms with van der Waals surface area (Å²) in [6.07, 6.45) is 2.08. The van der Waals surface area contributed by atoms with Crippen LogP contribution >= 0.6 is 23.2 Å². The van der Waals surface area contributed by atoms with E-state index in [1.54, 1.807) is 6.07 Å². The molecule has 0 aliphatic heterocycles. The van der Waals surface area contributed by atoms with Crippen LogP contribution < -0.4 is 11.1 Å². The zero-order valence-electron chi connectivity index (χ0n) is 10.4. The van der Waals surface area contributed by atoms with E-state index in [0.717, 1.165) is 18.4 Å². The molecule has 0 aromatic heterocycles. The number of benzene rings is 1. The largest absolute Gasteiger partial charge is 0.352 e. The summed E-state index contributed by atoms with van der Waals surface area (Å²) in [5.74, 6) is 0.0352.